The van der Waals surface area contributed by atoms with Crippen LogP contribution in [0.5, 0.6) is 0 Å². The maximum Gasteiger partial charge on any atom is 0.407 e. The van der Waals surface area contributed by atoms with Crippen LogP contribution in [-0.4, -0.2) is 41.1 Å². The molecule has 40 heavy (non-hydrogen) atoms. The molecule has 1 aliphatic heterocycles. The van der Waals surface area contributed by atoms with Gasteiger partial charge in [0, 0.05) is 29.9 Å². The normalized spacial score (nSPS) is 12.5. The SMILES string of the molecule is CC(C)(C)OC(=O)NCc1cccc(C(=O)N[C@@H](C(=O)O)c2ccccc2)c1.NC(=O)c1ccc2c(c1)CCN2. The minimum Gasteiger partial charge on any atom is -0.479 e. The van der Waals surface area contributed by atoms with E-state index in [2.05, 4.69) is 16.0 Å². The van der Waals surface area contributed by atoms with E-state index in [1.54, 1.807) is 81.4 Å². The van der Waals surface area contributed by atoms with Gasteiger partial charge in [-0.3, -0.25) is 9.59 Å². The van der Waals surface area contributed by atoms with E-state index >= 15 is 0 Å². The van der Waals surface area contributed by atoms with Crippen LogP contribution in [0.4, 0.5) is 10.5 Å². The molecule has 4 rings (SSSR count). The van der Waals surface area contributed by atoms with Crippen LogP contribution >= 0.6 is 0 Å². The molecular formula is C30H34N4O6. The summed E-state index contributed by atoms with van der Waals surface area (Å²) < 4.78 is 5.17. The number of fused-ring (bicyclic) bond motifs is 1. The van der Waals surface area contributed by atoms with Crippen LogP contribution in [0.2, 0.25) is 0 Å². The summed E-state index contributed by atoms with van der Waals surface area (Å²) in [6.07, 6.45) is 0.425. The number of hydrogen-bond donors (Lipinski definition) is 5. The van der Waals surface area contributed by atoms with Crippen molar-refractivity contribution in [1.29, 1.82) is 0 Å². The Morgan fingerprint density at radius 2 is 1.70 bits per heavy atom. The number of nitrogens with one attached hydrogen (secondary N) is 3. The summed E-state index contributed by atoms with van der Waals surface area (Å²) in [6.45, 7) is 6.43. The first kappa shape index (κ1) is 29.7. The van der Waals surface area contributed by atoms with E-state index in [0.717, 1.165) is 18.7 Å². The summed E-state index contributed by atoms with van der Waals surface area (Å²) in [7, 11) is 0. The van der Waals surface area contributed by atoms with Gasteiger partial charge in [-0.25, -0.2) is 9.59 Å². The molecule has 0 saturated heterocycles. The number of anilines is 1. The van der Waals surface area contributed by atoms with Gasteiger partial charge in [0.05, 0.1) is 0 Å². The lowest BCUT2D eigenvalue weighted by atomic mass is 10.1. The van der Waals surface area contributed by atoms with E-state index in [9.17, 15) is 24.3 Å². The average Bonchev–Trinajstić information content (AvgIpc) is 3.38. The van der Waals surface area contributed by atoms with Crippen LogP contribution in [0.15, 0.2) is 72.8 Å². The van der Waals surface area contributed by atoms with Crippen LogP contribution in [-0.2, 0) is 22.5 Å². The number of carbonyl (C=O) groups is 4. The van der Waals surface area contributed by atoms with Gasteiger partial charge in [0.2, 0.25) is 5.91 Å². The molecule has 10 heteroatoms. The molecule has 0 bridgehead atoms. The second kappa shape index (κ2) is 13.3. The van der Waals surface area contributed by atoms with Gasteiger partial charge in [-0.1, -0.05) is 42.5 Å². The lowest BCUT2D eigenvalue weighted by Crippen LogP contribution is -2.34. The molecular weight excluding hydrogens is 512 g/mol. The molecule has 0 unspecified atom stereocenters. The van der Waals surface area contributed by atoms with Crippen molar-refractivity contribution in [1.82, 2.24) is 10.6 Å². The van der Waals surface area contributed by atoms with Crippen molar-refractivity contribution in [3.05, 3.63) is 101 Å². The standard InChI is InChI=1S/C21H24N2O5.C9H10N2O/c1-21(2,3)28-20(27)22-13-14-8-7-11-16(12-14)18(24)23-17(19(25)26)15-9-5-4-6-10-15;10-9(12)7-1-2-8-6(5-7)3-4-11-8/h4-12,17H,13H2,1-3H3,(H,22,27)(H,23,24)(H,25,26);1-2,5,11H,3-4H2,(H2,10,12)/t17-;/m1./s1. The van der Waals surface area contributed by atoms with E-state index in [4.69, 9.17) is 10.5 Å². The van der Waals surface area contributed by atoms with Gasteiger partial charge < -0.3 is 31.5 Å². The van der Waals surface area contributed by atoms with E-state index in [-0.39, 0.29) is 12.5 Å². The van der Waals surface area contributed by atoms with Crippen molar-refractivity contribution in [3.8, 4) is 0 Å². The van der Waals surface area contributed by atoms with Crippen molar-refractivity contribution in [3.63, 3.8) is 0 Å². The number of benzene rings is 3. The van der Waals surface area contributed by atoms with E-state index in [1.807, 2.05) is 12.1 Å². The maximum absolute atomic E-state index is 12.5. The Morgan fingerprint density at radius 3 is 2.35 bits per heavy atom. The summed E-state index contributed by atoms with van der Waals surface area (Å²) in [6, 6.07) is 19.4. The molecule has 1 heterocycles. The summed E-state index contributed by atoms with van der Waals surface area (Å²) in [5, 5.41) is 17.8. The van der Waals surface area contributed by atoms with Gasteiger partial charge in [-0.05, 0) is 74.2 Å². The summed E-state index contributed by atoms with van der Waals surface area (Å²) in [4.78, 5) is 46.6. The number of carbonyl (C=O) groups excluding carboxylic acids is 3. The molecule has 0 saturated carbocycles. The molecule has 3 amide bonds. The van der Waals surface area contributed by atoms with Crippen molar-refractivity contribution in [2.24, 2.45) is 5.73 Å². The van der Waals surface area contributed by atoms with Crippen molar-refractivity contribution < 1.29 is 29.0 Å². The third-order valence-electron chi connectivity index (χ3n) is 5.78. The third kappa shape index (κ3) is 8.87. The smallest absolute Gasteiger partial charge is 0.407 e. The first-order valence-electron chi connectivity index (χ1n) is 12.7. The number of carboxylic acid groups (broad SMARTS) is 1. The van der Waals surface area contributed by atoms with Crippen LogP contribution in [0, 0.1) is 0 Å². The Bertz CT molecular complexity index is 1370. The molecule has 3 aromatic carbocycles. The van der Waals surface area contributed by atoms with Gasteiger partial charge in [-0.2, -0.15) is 0 Å². The lowest BCUT2D eigenvalue weighted by Gasteiger charge is -2.19. The number of nitrogens with two attached hydrogens (primary N) is 1. The predicted octanol–water partition coefficient (Wildman–Crippen LogP) is 4.02. The Labute approximate surface area is 232 Å². The molecule has 0 aromatic heterocycles. The summed E-state index contributed by atoms with van der Waals surface area (Å²) in [5.41, 5.74) is 8.91. The molecule has 1 atom stereocenters. The maximum atomic E-state index is 12.5. The van der Waals surface area contributed by atoms with Crippen molar-refractivity contribution in [2.75, 3.05) is 11.9 Å². The number of primary amides is 1. The number of ether oxygens (including phenoxy) is 1. The number of hydrogen-bond acceptors (Lipinski definition) is 6. The minimum absolute atomic E-state index is 0.178. The number of carboxylic acids is 1. The fourth-order valence-corrected chi connectivity index (χ4v) is 3.92. The highest BCUT2D eigenvalue weighted by Gasteiger charge is 2.22. The Balaban J connectivity index is 0.000000302. The molecule has 0 radical (unpaired) electrons. The Morgan fingerprint density at radius 1 is 0.975 bits per heavy atom. The second-order valence-electron chi connectivity index (χ2n) is 10.1. The molecule has 10 nitrogen and oxygen atoms in total. The number of aliphatic carboxylic acids is 1. The van der Waals surface area contributed by atoms with E-state index < -0.39 is 29.6 Å². The molecule has 1 aliphatic rings. The monoisotopic (exact) mass is 546 g/mol. The second-order valence-corrected chi connectivity index (χ2v) is 10.1. The van der Waals surface area contributed by atoms with Crippen LogP contribution < -0.4 is 21.7 Å². The molecule has 0 spiro atoms. The van der Waals surface area contributed by atoms with Crippen LogP contribution in [0.25, 0.3) is 0 Å². The summed E-state index contributed by atoms with van der Waals surface area (Å²) >= 11 is 0. The fraction of sp³-hybridized carbons (Fsp3) is 0.267. The lowest BCUT2D eigenvalue weighted by molar-refractivity contribution is -0.139. The van der Waals surface area contributed by atoms with Crippen molar-refractivity contribution >= 4 is 29.6 Å². The molecule has 6 N–H and O–H groups in total. The Hall–Kier alpha value is -4.86. The topological polar surface area (TPSA) is 160 Å². The largest absolute Gasteiger partial charge is 0.479 e. The number of alkyl carbamates (subject to hydrolysis) is 1. The first-order valence-corrected chi connectivity index (χ1v) is 12.7. The zero-order valence-electron chi connectivity index (χ0n) is 22.7. The highest BCUT2D eigenvalue weighted by Crippen LogP contribution is 2.22. The predicted molar refractivity (Wildman–Crippen MR) is 151 cm³/mol. The number of amides is 3. The highest BCUT2D eigenvalue weighted by atomic mass is 16.6. The zero-order valence-corrected chi connectivity index (χ0v) is 22.7. The highest BCUT2D eigenvalue weighted by molar-refractivity contribution is 5.97. The zero-order chi connectivity index (χ0) is 29.3. The first-order chi connectivity index (χ1) is 18.9. The average molecular weight is 547 g/mol. The molecule has 0 fully saturated rings. The van der Waals surface area contributed by atoms with Crippen molar-refractivity contribution in [2.45, 2.75) is 45.4 Å². The van der Waals surface area contributed by atoms with Gasteiger partial charge in [0.15, 0.2) is 6.04 Å². The van der Waals surface area contributed by atoms with Gasteiger partial charge in [-0.15, -0.1) is 0 Å². The molecule has 210 valence electrons. The molecule has 3 aromatic rings. The van der Waals surface area contributed by atoms with E-state index in [0.29, 0.717) is 22.3 Å². The van der Waals surface area contributed by atoms with Gasteiger partial charge in [0.1, 0.15) is 5.60 Å². The fourth-order valence-electron chi connectivity index (χ4n) is 3.92. The van der Waals surface area contributed by atoms with Gasteiger partial charge >= 0.3 is 12.1 Å². The Kier molecular flexibility index (Phi) is 9.86. The third-order valence-corrected chi connectivity index (χ3v) is 5.78. The molecule has 0 aliphatic carbocycles. The number of rotatable bonds is 7. The quantitative estimate of drug-likeness (QED) is 0.299. The van der Waals surface area contributed by atoms with E-state index in [1.165, 1.54) is 5.56 Å². The van der Waals surface area contributed by atoms with Gasteiger partial charge in [0.25, 0.3) is 5.91 Å². The summed E-state index contributed by atoms with van der Waals surface area (Å²) in [5.74, 6) is -2.03. The van der Waals surface area contributed by atoms with Crippen LogP contribution in [0.3, 0.4) is 0 Å². The van der Waals surface area contributed by atoms with Crippen LogP contribution in [0.1, 0.15) is 64.2 Å². The minimum atomic E-state index is -1.16.